The predicted octanol–water partition coefficient (Wildman–Crippen LogP) is 4.33. The number of rotatable bonds is 5. The van der Waals surface area contributed by atoms with E-state index in [1.54, 1.807) is 0 Å². The maximum absolute atomic E-state index is 11.3. The fourth-order valence-electron chi connectivity index (χ4n) is 2.68. The number of carbonyl (C=O) groups is 1. The molecule has 0 fully saturated rings. The monoisotopic (exact) mass is 293 g/mol. The van der Waals surface area contributed by atoms with Crippen LogP contribution in [0.2, 0.25) is 0 Å². The molecule has 0 saturated heterocycles. The Kier molecular flexibility index (Phi) is 4.24. The second kappa shape index (κ2) is 6.48. The van der Waals surface area contributed by atoms with Gasteiger partial charge in [0.1, 0.15) is 0 Å². The first-order chi connectivity index (χ1) is 10.8. The van der Waals surface area contributed by atoms with Crippen LogP contribution in [0.5, 0.6) is 0 Å². The topological polar surface area (TPSA) is 42.1 Å². The molecule has 1 N–H and O–H groups in total. The standard InChI is InChI=1S/C19H19NO2/c1-2-18(21)22-13-12-16-15-10-6-7-11-17(15)20-19(16)14-8-4-3-5-9-14/h3-11,20H,2,12-13H2,1H3. The van der Waals surface area contributed by atoms with E-state index in [-0.39, 0.29) is 5.97 Å². The Balaban J connectivity index is 1.97. The summed E-state index contributed by atoms with van der Waals surface area (Å²) >= 11 is 0. The summed E-state index contributed by atoms with van der Waals surface area (Å²) in [7, 11) is 0. The molecule has 22 heavy (non-hydrogen) atoms. The van der Waals surface area contributed by atoms with E-state index in [0.29, 0.717) is 19.4 Å². The van der Waals surface area contributed by atoms with Crippen molar-refractivity contribution >= 4 is 16.9 Å². The summed E-state index contributed by atoms with van der Waals surface area (Å²) in [6.45, 7) is 2.22. The second-order valence-corrected chi connectivity index (χ2v) is 5.21. The van der Waals surface area contributed by atoms with Crippen LogP contribution in [0, 0.1) is 0 Å². The van der Waals surface area contributed by atoms with Crippen LogP contribution in [0.15, 0.2) is 54.6 Å². The van der Waals surface area contributed by atoms with Gasteiger partial charge in [0.25, 0.3) is 0 Å². The molecule has 3 rings (SSSR count). The third kappa shape index (κ3) is 2.89. The van der Waals surface area contributed by atoms with Gasteiger partial charge in [0, 0.05) is 29.4 Å². The molecule has 3 nitrogen and oxygen atoms in total. The first-order valence-electron chi connectivity index (χ1n) is 7.60. The van der Waals surface area contributed by atoms with Gasteiger partial charge in [-0.1, -0.05) is 55.5 Å². The number of benzene rings is 2. The molecule has 0 radical (unpaired) electrons. The summed E-state index contributed by atoms with van der Waals surface area (Å²) in [5.41, 5.74) is 4.56. The molecule has 0 unspecified atom stereocenters. The molecule has 0 aliphatic rings. The molecule has 0 bridgehead atoms. The van der Waals surface area contributed by atoms with Crippen LogP contribution in [-0.2, 0) is 16.0 Å². The summed E-state index contributed by atoms with van der Waals surface area (Å²) in [6, 6.07) is 18.5. The molecule has 0 aliphatic heterocycles. The van der Waals surface area contributed by atoms with Gasteiger partial charge in [0.15, 0.2) is 0 Å². The van der Waals surface area contributed by atoms with Crippen LogP contribution in [0.4, 0.5) is 0 Å². The third-order valence-corrected chi connectivity index (χ3v) is 3.78. The highest BCUT2D eigenvalue weighted by molar-refractivity contribution is 5.90. The van der Waals surface area contributed by atoms with E-state index < -0.39 is 0 Å². The molecule has 0 atom stereocenters. The molecule has 112 valence electrons. The summed E-state index contributed by atoms with van der Waals surface area (Å²) in [6.07, 6.45) is 1.12. The van der Waals surface area contributed by atoms with Crippen LogP contribution in [0.25, 0.3) is 22.2 Å². The highest BCUT2D eigenvalue weighted by atomic mass is 16.5. The fraction of sp³-hybridized carbons (Fsp3) is 0.211. The Hall–Kier alpha value is -2.55. The second-order valence-electron chi connectivity index (χ2n) is 5.21. The molecule has 3 aromatic rings. The van der Waals surface area contributed by atoms with Crippen molar-refractivity contribution in [3.63, 3.8) is 0 Å². The van der Waals surface area contributed by atoms with Gasteiger partial charge in [-0.15, -0.1) is 0 Å². The van der Waals surface area contributed by atoms with Gasteiger partial charge < -0.3 is 9.72 Å². The number of aromatic nitrogens is 1. The van der Waals surface area contributed by atoms with Crippen LogP contribution in [0.3, 0.4) is 0 Å². The van der Waals surface area contributed by atoms with E-state index in [2.05, 4.69) is 29.2 Å². The highest BCUT2D eigenvalue weighted by Gasteiger charge is 2.13. The molecule has 0 amide bonds. The number of hydrogen-bond acceptors (Lipinski definition) is 2. The van der Waals surface area contributed by atoms with Gasteiger partial charge in [-0.3, -0.25) is 4.79 Å². The van der Waals surface area contributed by atoms with Crippen LogP contribution in [-0.4, -0.2) is 17.6 Å². The lowest BCUT2D eigenvalue weighted by atomic mass is 10.0. The van der Waals surface area contributed by atoms with Crippen molar-refractivity contribution in [3.8, 4) is 11.3 Å². The predicted molar refractivity (Wildman–Crippen MR) is 88.7 cm³/mol. The van der Waals surface area contributed by atoms with E-state index in [9.17, 15) is 4.79 Å². The lowest BCUT2D eigenvalue weighted by Crippen LogP contribution is -2.06. The summed E-state index contributed by atoms with van der Waals surface area (Å²) in [4.78, 5) is 14.8. The molecular formula is C19H19NO2. The Morgan fingerprint density at radius 2 is 1.77 bits per heavy atom. The average molecular weight is 293 g/mol. The van der Waals surface area contributed by atoms with Crippen molar-refractivity contribution < 1.29 is 9.53 Å². The van der Waals surface area contributed by atoms with E-state index in [0.717, 1.165) is 16.8 Å². The lowest BCUT2D eigenvalue weighted by Gasteiger charge is -2.06. The van der Waals surface area contributed by atoms with Gasteiger partial charge in [-0.25, -0.2) is 0 Å². The first kappa shape index (κ1) is 14.4. The number of aromatic amines is 1. The molecule has 0 spiro atoms. The van der Waals surface area contributed by atoms with Crippen molar-refractivity contribution in [2.24, 2.45) is 0 Å². The molecular weight excluding hydrogens is 274 g/mol. The quantitative estimate of drug-likeness (QED) is 0.711. The van der Waals surface area contributed by atoms with Crippen molar-refractivity contribution in [3.05, 3.63) is 60.2 Å². The summed E-state index contributed by atoms with van der Waals surface area (Å²) in [5, 5.41) is 1.19. The number of H-pyrrole nitrogens is 1. The number of fused-ring (bicyclic) bond motifs is 1. The lowest BCUT2D eigenvalue weighted by molar-refractivity contribution is -0.143. The molecule has 0 aliphatic carbocycles. The molecule has 3 heteroatoms. The van der Waals surface area contributed by atoms with E-state index in [4.69, 9.17) is 4.74 Å². The SMILES string of the molecule is CCC(=O)OCCc1c(-c2ccccc2)[nH]c2ccccc12. The number of para-hydroxylation sites is 1. The van der Waals surface area contributed by atoms with Gasteiger partial charge in [0.05, 0.1) is 6.61 Å². The number of nitrogens with one attached hydrogen (secondary N) is 1. The highest BCUT2D eigenvalue weighted by Crippen LogP contribution is 2.30. The van der Waals surface area contributed by atoms with Crippen molar-refractivity contribution in [1.29, 1.82) is 0 Å². The Morgan fingerprint density at radius 3 is 2.55 bits per heavy atom. The van der Waals surface area contributed by atoms with Gasteiger partial charge in [-0.05, 0) is 17.2 Å². The Bertz CT molecular complexity index is 774. The normalized spacial score (nSPS) is 10.8. The third-order valence-electron chi connectivity index (χ3n) is 3.78. The number of ether oxygens (including phenoxy) is 1. The van der Waals surface area contributed by atoms with Crippen LogP contribution < -0.4 is 0 Å². The first-order valence-corrected chi connectivity index (χ1v) is 7.60. The maximum Gasteiger partial charge on any atom is 0.305 e. The largest absolute Gasteiger partial charge is 0.465 e. The van der Waals surface area contributed by atoms with Crippen molar-refractivity contribution in [1.82, 2.24) is 4.98 Å². The zero-order valence-electron chi connectivity index (χ0n) is 12.6. The van der Waals surface area contributed by atoms with Gasteiger partial charge in [-0.2, -0.15) is 0 Å². The average Bonchev–Trinajstić information content (AvgIpc) is 2.94. The maximum atomic E-state index is 11.3. The minimum Gasteiger partial charge on any atom is -0.465 e. The number of esters is 1. The van der Waals surface area contributed by atoms with Crippen molar-refractivity contribution in [2.75, 3.05) is 6.61 Å². The Morgan fingerprint density at radius 1 is 1.05 bits per heavy atom. The van der Waals surface area contributed by atoms with Crippen LogP contribution >= 0.6 is 0 Å². The Labute approximate surface area is 129 Å². The molecule has 1 aromatic heterocycles. The van der Waals surface area contributed by atoms with Crippen molar-refractivity contribution in [2.45, 2.75) is 19.8 Å². The summed E-state index contributed by atoms with van der Waals surface area (Å²) < 4.78 is 5.25. The smallest absolute Gasteiger partial charge is 0.305 e. The van der Waals surface area contributed by atoms with E-state index in [1.165, 1.54) is 10.9 Å². The number of carbonyl (C=O) groups excluding carboxylic acids is 1. The number of hydrogen-bond donors (Lipinski definition) is 1. The van der Waals surface area contributed by atoms with E-state index in [1.807, 2.05) is 37.3 Å². The minimum absolute atomic E-state index is 0.152. The van der Waals surface area contributed by atoms with E-state index >= 15 is 0 Å². The summed E-state index contributed by atoms with van der Waals surface area (Å²) in [5.74, 6) is -0.152. The van der Waals surface area contributed by atoms with Crippen LogP contribution in [0.1, 0.15) is 18.9 Å². The van der Waals surface area contributed by atoms with Gasteiger partial charge >= 0.3 is 5.97 Å². The molecule has 2 aromatic carbocycles. The minimum atomic E-state index is -0.152. The zero-order valence-corrected chi connectivity index (χ0v) is 12.6. The molecule has 1 heterocycles. The van der Waals surface area contributed by atoms with Gasteiger partial charge in [0.2, 0.25) is 0 Å². The molecule has 0 saturated carbocycles. The zero-order chi connectivity index (χ0) is 15.4. The fourth-order valence-corrected chi connectivity index (χ4v) is 2.68.